The molecule has 2 heterocycles. The van der Waals surface area contributed by atoms with E-state index < -0.39 is 0 Å². The highest BCUT2D eigenvalue weighted by molar-refractivity contribution is 7.13. The predicted octanol–water partition coefficient (Wildman–Crippen LogP) is 3.81. The van der Waals surface area contributed by atoms with Crippen LogP contribution in [0.25, 0.3) is 10.6 Å². The molecule has 2 aliphatic carbocycles. The van der Waals surface area contributed by atoms with Gasteiger partial charge in [-0.1, -0.05) is 6.42 Å². The van der Waals surface area contributed by atoms with Crippen molar-refractivity contribution in [2.24, 2.45) is 17.6 Å². The van der Waals surface area contributed by atoms with Gasteiger partial charge < -0.3 is 15.5 Å². The van der Waals surface area contributed by atoms with E-state index in [1.807, 2.05) is 11.4 Å². The molecular formula is C18H25Cl2N3O2S. The first kappa shape index (κ1) is 21.2. The van der Waals surface area contributed by atoms with Gasteiger partial charge in [-0.2, -0.15) is 0 Å². The summed E-state index contributed by atoms with van der Waals surface area (Å²) >= 11 is 1.54. The fraction of sp³-hybridized carbons (Fsp3) is 0.556. The van der Waals surface area contributed by atoms with E-state index in [9.17, 15) is 4.79 Å². The van der Waals surface area contributed by atoms with E-state index in [1.54, 1.807) is 23.9 Å². The van der Waals surface area contributed by atoms with Gasteiger partial charge in [0.05, 0.1) is 18.4 Å². The van der Waals surface area contributed by atoms with Gasteiger partial charge in [0, 0.05) is 23.0 Å². The van der Waals surface area contributed by atoms with Crippen molar-refractivity contribution >= 4 is 42.1 Å². The van der Waals surface area contributed by atoms with Crippen molar-refractivity contribution in [2.75, 3.05) is 0 Å². The molecule has 3 N–H and O–H groups in total. The van der Waals surface area contributed by atoms with Gasteiger partial charge in [-0.25, -0.2) is 4.98 Å². The third-order valence-corrected chi connectivity index (χ3v) is 6.31. The predicted molar refractivity (Wildman–Crippen MR) is 108 cm³/mol. The Morgan fingerprint density at radius 2 is 2.04 bits per heavy atom. The fourth-order valence-electron chi connectivity index (χ4n) is 4.33. The molecule has 0 radical (unpaired) electrons. The summed E-state index contributed by atoms with van der Waals surface area (Å²) < 4.78 is 5.09. The molecule has 2 fully saturated rings. The second-order valence-electron chi connectivity index (χ2n) is 7.11. The molecule has 2 aliphatic rings. The first-order valence-corrected chi connectivity index (χ1v) is 9.59. The lowest BCUT2D eigenvalue weighted by atomic mass is 9.67. The van der Waals surface area contributed by atoms with Gasteiger partial charge in [0.2, 0.25) is 5.91 Å². The lowest BCUT2D eigenvalue weighted by molar-refractivity contribution is -0.122. The number of nitrogens with one attached hydrogen (secondary N) is 1. The van der Waals surface area contributed by atoms with Crippen LogP contribution in [-0.2, 0) is 11.2 Å². The molecule has 2 unspecified atom stereocenters. The summed E-state index contributed by atoms with van der Waals surface area (Å²) in [7, 11) is 0. The second-order valence-corrected chi connectivity index (χ2v) is 7.97. The van der Waals surface area contributed by atoms with Gasteiger partial charge in [-0.3, -0.25) is 4.79 Å². The summed E-state index contributed by atoms with van der Waals surface area (Å²) in [4.78, 5) is 17.0. The van der Waals surface area contributed by atoms with Gasteiger partial charge in [0.1, 0.15) is 11.3 Å². The van der Waals surface area contributed by atoms with Crippen LogP contribution >= 0.6 is 36.2 Å². The molecule has 5 nitrogen and oxygen atoms in total. The van der Waals surface area contributed by atoms with Gasteiger partial charge >= 0.3 is 0 Å². The van der Waals surface area contributed by atoms with Crippen molar-refractivity contribution in [3.63, 3.8) is 0 Å². The number of fused-ring (bicyclic) bond motifs is 2. The summed E-state index contributed by atoms with van der Waals surface area (Å²) in [6.07, 6.45) is 9.40. The summed E-state index contributed by atoms with van der Waals surface area (Å²) in [6.45, 7) is 0. The zero-order valence-electron chi connectivity index (χ0n) is 14.4. The quantitative estimate of drug-likeness (QED) is 0.791. The van der Waals surface area contributed by atoms with Crippen molar-refractivity contribution < 1.29 is 9.21 Å². The minimum Gasteiger partial charge on any atom is -0.472 e. The summed E-state index contributed by atoms with van der Waals surface area (Å²) in [5.74, 6) is 1.18. The van der Waals surface area contributed by atoms with E-state index in [0.29, 0.717) is 30.3 Å². The molecule has 2 saturated carbocycles. The molecule has 2 bridgehead atoms. The molecule has 26 heavy (non-hydrogen) atoms. The van der Waals surface area contributed by atoms with Gasteiger partial charge in [-0.05, 0) is 43.6 Å². The monoisotopic (exact) mass is 417 g/mol. The Kier molecular flexibility index (Phi) is 7.52. The maximum atomic E-state index is 12.5. The van der Waals surface area contributed by atoms with E-state index in [2.05, 4.69) is 10.3 Å². The van der Waals surface area contributed by atoms with E-state index in [1.165, 1.54) is 19.3 Å². The summed E-state index contributed by atoms with van der Waals surface area (Å²) in [6, 6.07) is 2.50. The number of rotatable bonds is 4. The third-order valence-electron chi connectivity index (χ3n) is 5.37. The largest absolute Gasteiger partial charge is 0.472 e. The Labute approximate surface area is 170 Å². The SMILES string of the molecule is Cl.Cl.NC1CC2CCCC(C1)C2NC(=O)Cc1csc(-c2ccoc2)n1. The van der Waals surface area contributed by atoms with Gasteiger partial charge in [0.15, 0.2) is 0 Å². The Hall–Kier alpha value is -1.08. The van der Waals surface area contributed by atoms with Crippen molar-refractivity contribution in [3.05, 3.63) is 29.7 Å². The van der Waals surface area contributed by atoms with Gasteiger partial charge in [0.25, 0.3) is 0 Å². The fourth-order valence-corrected chi connectivity index (χ4v) is 5.14. The molecule has 2 aromatic heterocycles. The number of nitrogens with zero attached hydrogens (tertiary/aromatic N) is 1. The number of hydrogen-bond acceptors (Lipinski definition) is 5. The Bertz CT molecular complexity index is 693. The van der Waals surface area contributed by atoms with Crippen LogP contribution in [0.3, 0.4) is 0 Å². The van der Waals surface area contributed by atoms with Crippen LogP contribution in [0.2, 0.25) is 0 Å². The number of nitrogens with two attached hydrogens (primary N) is 1. The summed E-state index contributed by atoms with van der Waals surface area (Å²) in [5.41, 5.74) is 7.95. The molecule has 0 aromatic carbocycles. The van der Waals surface area contributed by atoms with Crippen molar-refractivity contribution in [3.8, 4) is 10.6 Å². The van der Waals surface area contributed by atoms with Gasteiger partial charge in [-0.15, -0.1) is 36.2 Å². The van der Waals surface area contributed by atoms with Crippen molar-refractivity contribution in [1.82, 2.24) is 10.3 Å². The summed E-state index contributed by atoms with van der Waals surface area (Å²) in [5, 5.41) is 6.14. The van der Waals surface area contributed by atoms with E-state index >= 15 is 0 Å². The molecule has 2 atom stereocenters. The number of hydrogen-bond donors (Lipinski definition) is 2. The van der Waals surface area contributed by atoms with Crippen LogP contribution in [0.1, 0.15) is 37.8 Å². The van der Waals surface area contributed by atoms with Crippen LogP contribution in [0.4, 0.5) is 0 Å². The standard InChI is InChI=1S/C18H23N3O2S.2ClH/c19-14-6-11-2-1-3-12(7-14)17(11)21-16(22)8-15-10-24-18(20-15)13-4-5-23-9-13;;/h4-5,9-12,14,17H,1-3,6-8,19H2,(H,21,22);2*1H. The number of amides is 1. The molecule has 1 amide bonds. The number of carbonyl (C=O) groups excluding carboxylic acids is 1. The van der Waals surface area contributed by atoms with Crippen LogP contribution in [0.15, 0.2) is 28.4 Å². The maximum Gasteiger partial charge on any atom is 0.226 e. The minimum atomic E-state index is 0. The minimum absolute atomic E-state index is 0. The molecular weight excluding hydrogens is 393 g/mol. The normalized spacial score (nSPS) is 27.1. The van der Waals surface area contributed by atoms with Crippen LogP contribution in [0.5, 0.6) is 0 Å². The lowest BCUT2D eigenvalue weighted by Gasteiger charge is -2.45. The molecule has 0 saturated heterocycles. The van der Waals surface area contributed by atoms with Crippen molar-refractivity contribution in [2.45, 2.75) is 50.6 Å². The first-order valence-electron chi connectivity index (χ1n) is 8.71. The average molecular weight is 418 g/mol. The molecule has 8 heteroatoms. The first-order chi connectivity index (χ1) is 11.7. The number of halogens is 2. The highest BCUT2D eigenvalue weighted by Gasteiger charge is 2.39. The van der Waals surface area contributed by atoms with E-state index in [0.717, 1.165) is 29.1 Å². The molecule has 0 aliphatic heterocycles. The Morgan fingerprint density at radius 3 is 2.69 bits per heavy atom. The van der Waals surface area contributed by atoms with Crippen LogP contribution in [-0.4, -0.2) is 23.0 Å². The topological polar surface area (TPSA) is 81.1 Å². The molecule has 144 valence electrons. The number of furan rings is 1. The number of aromatic nitrogens is 1. The second kappa shape index (κ2) is 9.22. The smallest absolute Gasteiger partial charge is 0.226 e. The zero-order chi connectivity index (χ0) is 16.5. The zero-order valence-corrected chi connectivity index (χ0v) is 16.9. The number of thiazole rings is 1. The van der Waals surface area contributed by atoms with E-state index in [4.69, 9.17) is 10.2 Å². The Morgan fingerprint density at radius 1 is 1.31 bits per heavy atom. The highest BCUT2D eigenvalue weighted by atomic mass is 35.5. The number of carbonyl (C=O) groups is 1. The maximum absolute atomic E-state index is 12.5. The molecule has 0 spiro atoms. The molecule has 4 rings (SSSR count). The Balaban J connectivity index is 0.00000121. The average Bonchev–Trinajstić information content (AvgIpc) is 3.19. The van der Waals surface area contributed by atoms with Crippen LogP contribution in [0, 0.1) is 11.8 Å². The molecule has 2 aromatic rings. The lowest BCUT2D eigenvalue weighted by Crippen LogP contribution is -2.54. The van der Waals surface area contributed by atoms with Crippen LogP contribution < -0.4 is 11.1 Å². The van der Waals surface area contributed by atoms with E-state index in [-0.39, 0.29) is 30.7 Å². The van der Waals surface area contributed by atoms with Crippen molar-refractivity contribution in [1.29, 1.82) is 0 Å². The highest BCUT2D eigenvalue weighted by Crippen LogP contribution is 2.39. The third kappa shape index (κ3) is 4.60.